The Hall–Kier alpha value is -1.02. The van der Waals surface area contributed by atoms with Gasteiger partial charge in [0.05, 0.1) is 6.61 Å². The average Bonchev–Trinajstić information content (AvgIpc) is 2.40. The van der Waals surface area contributed by atoms with Crippen molar-refractivity contribution in [1.29, 1.82) is 0 Å². The van der Waals surface area contributed by atoms with Gasteiger partial charge in [-0.2, -0.15) is 0 Å². The minimum absolute atomic E-state index is 0.834. The van der Waals surface area contributed by atoms with E-state index in [4.69, 9.17) is 4.74 Å². The van der Waals surface area contributed by atoms with Crippen LogP contribution in [0.5, 0.6) is 5.75 Å². The summed E-state index contributed by atoms with van der Waals surface area (Å²) in [6, 6.07) is 6.28. The van der Waals surface area contributed by atoms with Crippen LogP contribution in [0.4, 0.5) is 0 Å². The highest BCUT2D eigenvalue weighted by Gasteiger charge is 2.09. The molecule has 0 amide bonds. The van der Waals surface area contributed by atoms with Crippen LogP contribution in [-0.4, -0.2) is 31.1 Å². The van der Waals surface area contributed by atoms with Crippen molar-refractivity contribution in [2.75, 3.05) is 26.2 Å². The predicted molar refractivity (Wildman–Crippen MR) is 76.3 cm³/mol. The SMILES string of the molecule is Cc1cccc(OCCCN2CCCCC2)c1C. The lowest BCUT2D eigenvalue weighted by molar-refractivity contribution is 0.204. The van der Waals surface area contributed by atoms with Crippen molar-refractivity contribution in [3.05, 3.63) is 29.3 Å². The van der Waals surface area contributed by atoms with E-state index >= 15 is 0 Å². The predicted octanol–water partition coefficient (Wildman–Crippen LogP) is 3.56. The number of hydrogen-bond acceptors (Lipinski definition) is 2. The number of ether oxygens (including phenoxy) is 1. The Balaban J connectivity index is 1.70. The summed E-state index contributed by atoms with van der Waals surface area (Å²) in [6.45, 7) is 8.85. The number of rotatable bonds is 5. The Morgan fingerprint density at radius 1 is 1.11 bits per heavy atom. The zero-order valence-electron chi connectivity index (χ0n) is 11.7. The van der Waals surface area contributed by atoms with Crippen molar-refractivity contribution in [2.24, 2.45) is 0 Å². The molecule has 0 radical (unpaired) electrons. The van der Waals surface area contributed by atoms with Gasteiger partial charge in [0, 0.05) is 6.54 Å². The highest BCUT2D eigenvalue weighted by Crippen LogP contribution is 2.20. The molecule has 1 fully saturated rings. The summed E-state index contributed by atoms with van der Waals surface area (Å²) in [5.41, 5.74) is 2.58. The van der Waals surface area contributed by atoms with Gasteiger partial charge in [-0.05, 0) is 63.4 Å². The summed E-state index contributed by atoms with van der Waals surface area (Å²) in [4.78, 5) is 2.57. The highest BCUT2D eigenvalue weighted by atomic mass is 16.5. The molecule has 2 heteroatoms. The van der Waals surface area contributed by atoms with Crippen molar-refractivity contribution < 1.29 is 4.74 Å². The second-order valence-electron chi connectivity index (χ2n) is 5.30. The van der Waals surface area contributed by atoms with Crippen LogP contribution < -0.4 is 4.74 Å². The molecular weight excluding hydrogens is 222 g/mol. The van der Waals surface area contributed by atoms with Crippen LogP contribution in [0, 0.1) is 13.8 Å². The summed E-state index contributed by atoms with van der Waals surface area (Å²) in [6.07, 6.45) is 5.29. The monoisotopic (exact) mass is 247 g/mol. The first-order valence-corrected chi connectivity index (χ1v) is 7.19. The molecule has 1 saturated heterocycles. The summed E-state index contributed by atoms with van der Waals surface area (Å²) in [7, 11) is 0. The topological polar surface area (TPSA) is 12.5 Å². The fraction of sp³-hybridized carbons (Fsp3) is 0.625. The molecule has 0 N–H and O–H groups in total. The molecule has 0 unspecified atom stereocenters. The van der Waals surface area contributed by atoms with E-state index in [-0.39, 0.29) is 0 Å². The van der Waals surface area contributed by atoms with Gasteiger partial charge in [-0.3, -0.25) is 0 Å². The number of likely N-dealkylation sites (tertiary alicyclic amines) is 1. The molecule has 0 spiro atoms. The van der Waals surface area contributed by atoms with E-state index in [1.807, 2.05) is 0 Å². The first-order valence-electron chi connectivity index (χ1n) is 7.19. The molecule has 1 aromatic rings. The molecular formula is C16H25NO. The lowest BCUT2D eigenvalue weighted by Crippen LogP contribution is -2.31. The lowest BCUT2D eigenvalue weighted by Gasteiger charge is -2.26. The van der Waals surface area contributed by atoms with Crippen LogP contribution in [-0.2, 0) is 0 Å². The van der Waals surface area contributed by atoms with Gasteiger partial charge >= 0.3 is 0 Å². The third-order valence-electron chi connectivity index (χ3n) is 3.88. The second kappa shape index (κ2) is 6.79. The smallest absolute Gasteiger partial charge is 0.122 e. The van der Waals surface area contributed by atoms with Gasteiger partial charge in [0.25, 0.3) is 0 Å². The fourth-order valence-corrected chi connectivity index (χ4v) is 2.53. The minimum atomic E-state index is 0.834. The van der Waals surface area contributed by atoms with Crippen molar-refractivity contribution in [3.8, 4) is 5.75 Å². The first-order chi connectivity index (χ1) is 8.77. The number of hydrogen-bond donors (Lipinski definition) is 0. The van der Waals surface area contributed by atoms with E-state index in [9.17, 15) is 0 Å². The number of aryl methyl sites for hydroxylation is 1. The van der Waals surface area contributed by atoms with Gasteiger partial charge in [0.1, 0.15) is 5.75 Å². The van der Waals surface area contributed by atoms with E-state index in [0.717, 1.165) is 18.8 Å². The van der Waals surface area contributed by atoms with E-state index in [2.05, 4.69) is 36.9 Å². The van der Waals surface area contributed by atoms with Crippen molar-refractivity contribution in [1.82, 2.24) is 4.90 Å². The van der Waals surface area contributed by atoms with Gasteiger partial charge in [-0.25, -0.2) is 0 Å². The van der Waals surface area contributed by atoms with Crippen LogP contribution in [0.3, 0.4) is 0 Å². The Morgan fingerprint density at radius 2 is 1.89 bits per heavy atom. The summed E-state index contributed by atoms with van der Waals surface area (Å²) < 4.78 is 5.88. The third-order valence-corrected chi connectivity index (χ3v) is 3.88. The molecule has 0 bridgehead atoms. The molecule has 1 aromatic carbocycles. The number of nitrogens with zero attached hydrogens (tertiary/aromatic N) is 1. The molecule has 1 aliphatic heterocycles. The Morgan fingerprint density at radius 3 is 2.67 bits per heavy atom. The molecule has 2 nitrogen and oxygen atoms in total. The van der Waals surface area contributed by atoms with Crippen LogP contribution in [0.2, 0.25) is 0 Å². The quantitative estimate of drug-likeness (QED) is 0.738. The zero-order valence-corrected chi connectivity index (χ0v) is 11.7. The van der Waals surface area contributed by atoms with Crippen LogP contribution in [0.15, 0.2) is 18.2 Å². The fourth-order valence-electron chi connectivity index (χ4n) is 2.53. The molecule has 0 aliphatic carbocycles. The lowest BCUT2D eigenvalue weighted by atomic mass is 10.1. The minimum Gasteiger partial charge on any atom is -0.493 e. The summed E-state index contributed by atoms with van der Waals surface area (Å²) >= 11 is 0. The van der Waals surface area contributed by atoms with Gasteiger partial charge in [-0.1, -0.05) is 18.6 Å². The van der Waals surface area contributed by atoms with Gasteiger partial charge in [0.15, 0.2) is 0 Å². The van der Waals surface area contributed by atoms with Crippen LogP contribution in [0.1, 0.15) is 36.8 Å². The first kappa shape index (κ1) is 13.4. The molecule has 0 aromatic heterocycles. The van der Waals surface area contributed by atoms with Crippen molar-refractivity contribution in [2.45, 2.75) is 39.5 Å². The summed E-state index contributed by atoms with van der Waals surface area (Å²) in [5, 5.41) is 0. The van der Waals surface area contributed by atoms with Crippen LogP contribution in [0.25, 0.3) is 0 Å². The van der Waals surface area contributed by atoms with Gasteiger partial charge in [-0.15, -0.1) is 0 Å². The molecule has 0 atom stereocenters. The maximum absolute atomic E-state index is 5.88. The molecule has 1 aliphatic rings. The zero-order chi connectivity index (χ0) is 12.8. The largest absolute Gasteiger partial charge is 0.493 e. The van der Waals surface area contributed by atoms with Gasteiger partial charge < -0.3 is 9.64 Å². The third kappa shape index (κ3) is 3.74. The highest BCUT2D eigenvalue weighted by molar-refractivity contribution is 5.38. The second-order valence-corrected chi connectivity index (χ2v) is 5.30. The maximum Gasteiger partial charge on any atom is 0.122 e. The Labute approximate surface area is 111 Å². The standard InChI is InChI=1S/C16H25NO/c1-14-8-6-9-16(15(14)2)18-13-7-12-17-10-4-3-5-11-17/h6,8-9H,3-5,7,10-13H2,1-2H3. The van der Waals surface area contributed by atoms with Gasteiger partial charge in [0.2, 0.25) is 0 Å². The van der Waals surface area contributed by atoms with E-state index in [1.54, 1.807) is 0 Å². The normalized spacial score (nSPS) is 16.8. The van der Waals surface area contributed by atoms with E-state index in [0.29, 0.717) is 0 Å². The molecule has 1 heterocycles. The van der Waals surface area contributed by atoms with Crippen molar-refractivity contribution in [3.63, 3.8) is 0 Å². The number of benzene rings is 1. The number of piperidine rings is 1. The molecule has 0 saturated carbocycles. The van der Waals surface area contributed by atoms with E-state index < -0.39 is 0 Å². The molecule has 2 rings (SSSR count). The molecule has 100 valence electrons. The summed E-state index contributed by atoms with van der Waals surface area (Å²) in [5.74, 6) is 1.05. The maximum atomic E-state index is 5.88. The van der Waals surface area contributed by atoms with Crippen LogP contribution >= 0.6 is 0 Å². The average molecular weight is 247 g/mol. The molecule has 18 heavy (non-hydrogen) atoms. The van der Waals surface area contributed by atoms with Crippen molar-refractivity contribution >= 4 is 0 Å². The Bertz CT molecular complexity index is 369. The Kier molecular flexibility index (Phi) is 5.06. The van der Waals surface area contributed by atoms with E-state index in [1.165, 1.54) is 50.0 Å².